The lowest BCUT2D eigenvalue weighted by Crippen LogP contribution is -2.37. The quantitative estimate of drug-likeness (QED) is 0.210. The van der Waals surface area contributed by atoms with Gasteiger partial charge in [-0.2, -0.15) is 5.10 Å². The average molecular weight is 508 g/mol. The van der Waals surface area contributed by atoms with Crippen LogP contribution in [0.25, 0.3) is 10.9 Å². The number of aliphatic imine (C=N–C) groups is 1. The Hall–Kier alpha value is -2.03. The topological polar surface area (TPSA) is 59.2 Å². The maximum absolute atomic E-state index is 4.65. The van der Waals surface area contributed by atoms with Crippen molar-refractivity contribution in [1.82, 2.24) is 25.0 Å². The van der Waals surface area contributed by atoms with Crippen molar-refractivity contribution < 1.29 is 0 Å². The zero-order valence-corrected chi connectivity index (χ0v) is 20.2. The molecule has 0 saturated heterocycles. The highest BCUT2D eigenvalue weighted by Crippen LogP contribution is 2.16. The number of hydrogen-bond acceptors (Lipinski definition) is 2. The molecule has 7 heteroatoms. The molecule has 3 aromatic rings. The van der Waals surface area contributed by atoms with Crippen LogP contribution in [0.3, 0.4) is 0 Å². The summed E-state index contributed by atoms with van der Waals surface area (Å²) >= 11 is 0. The number of rotatable bonds is 8. The number of aryl methyl sites for hydroxylation is 3. The summed E-state index contributed by atoms with van der Waals surface area (Å²) in [7, 11) is 3.85. The summed E-state index contributed by atoms with van der Waals surface area (Å²) in [5.41, 5.74) is 5.05. The highest BCUT2D eigenvalue weighted by molar-refractivity contribution is 14.0. The number of nitrogens with one attached hydrogen (secondary N) is 2. The van der Waals surface area contributed by atoms with Gasteiger partial charge < -0.3 is 15.2 Å². The third-order valence-electron chi connectivity index (χ3n) is 5.23. The van der Waals surface area contributed by atoms with Gasteiger partial charge in [-0.05, 0) is 36.8 Å². The van der Waals surface area contributed by atoms with Crippen LogP contribution >= 0.6 is 24.0 Å². The fraction of sp³-hybridized carbons (Fsp3) is 0.455. The zero-order valence-electron chi connectivity index (χ0n) is 17.9. The van der Waals surface area contributed by atoms with E-state index in [1.54, 1.807) is 0 Å². The van der Waals surface area contributed by atoms with Crippen LogP contribution in [0.5, 0.6) is 0 Å². The minimum atomic E-state index is 0. The maximum atomic E-state index is 4.65. The Bertz CT molecular complexity index is 940. The molecule has 0 saturated carbocycles. The molecule has 0 spiro atoms. The number of benzene rings is 1. The summed E-state index contributed by atoms with van der Waals surface area (Å²) in [6.45, 7) is 6.95. The Labute approximate surface area is 190 Å². The second kappa shape index (κ2) is 11.2. The molecule has 2 aromatic heterocycles. The predicted octanol–water partition coefficient (Wildman–Crippen LogP) is 3.87. The van der Waals surface area contributed by atoms with E-state index in [-0.39, 0.29) is 24.0 Å². The van der Waals surface area contributed by atoms with Crippen LogP contribution < -0.4 is 10.6 Å². The zero-order chi connectivity index (χ0) is 19.9. The highest BCUT2D eigenvalue weighted by atomic mass is 127. The standard InChI is InChI=1S/C22H32N6.HI/c1-5-19-18(20(6-2)27(4)26-19)16-25-22(23-3)24-13-9-14-28-15-12-17-10-7-8-11-21(17)28;/h7-8,10-12,15H,5-6,9,13-14,16H2,1-4H3,(H2,23,24,25);1H. The molecule has 0 amide bonds. The van der Waals surface area contributed by atoms with Gasteiger partial charge in [0.15, 0.2) is 5.96 Å². The van der Waals surface area contributed by atoms with Gasteiger partial charge >= 0.3 is 0 Å². The molecule has 0 unspecified atom stereocenters. The number of guanidine groups is 1. The molecule has 0 bridgehead atoms. The number of hydrogen-bond donors (Lipinski definition) is 2. The fourth-order valence-electron chi connectivity index (χ4n) is 3.78. The van der Waals surface area contributed by atoms with Crippen LogP contribution in [0, 0.1) is 0 Å². The third-order valence-corrected chi connectivity index (χ3v) is 5.23. The molecule has 0 aliphatic heterocycles. The van der Waals surface area contributed by atoms with Crippen LogP contribution in [0.2, 0.25) is 0 Å². The summed E-state index contributed by atoms with van der Waals surface area (Å²) in [5, 5.41) is 12.8. The molecule has 0 fully saturated rings. The van der Waals surface area contributed by atoms with Crippen molar-refractivity contribution in [1.29, 1.82) is 0 Å². The maximum Gasteiger partial charge on any atom is 0.191 e. The Balaban J connectivity index is 0.00000300. The van der Waals surface area contributed by atoms with E-state index >= 15 is 0 Å². The van der Waals surface area contributed by atoms with Crippen molar-refractivity contribution in [3.8, 4) is 0 Å². The normalized spacial score (nSPS) is 11.5. The summed E-state index contributed by atoms with van der Waals surface area (Å²) in [6, 6.07) is 10.7. The molecule has 6 nitrogen and oxygen atoms in total. The van der Waals surface area contributed by atoms with E-state index in [4.69, 9.17) is 0 Å². The first-order valence-electron chi connectivity index (χ1n) is 10.2. The van der Waals surface area contributed by atoms with E-state index in [1.807, 2.05) is 18.8 Å². The van der Waals surface area contributed by atoms with Crippen molar-refractivity contribution in [2.45, 2.75) is 46.2 Å². The van der Waals surface area contributed by atoms with E-state index in [0.29, 0.717) is 0 Å². The number of aromatic nitrogens is 3. The van der Waals surface area contributed by atoms with Gasteiger partial charge in [0.2, 0.25) is 0 Å². The van der Waals surface area contributed by atoms with Crippen molar-refractivity contribution in [2.24, 2.45) is 12.0 Å². The monoisotopic (exact) mass is 508 g/mol. The molecule has 0 atom stereocenters. The lowest BCUT2D eigenvalue weighted by molar-refractivity contribution is 0.640. The lowest BCUT2D eigenvalue weighted by atomic mass is 10.1. The number of fused-ring (bicyclic) bond motifs is 1. The predicted molar refractivity (Wildman–Crippen MR) is 132 cm³/mol. The van der Waals surface area contributed by atoms with Gasteiger partial charge in [0.05, 0.1) is 5.69 Å². The summed E-state index contributed by atoms with van der Waals surface area (Å²) in [4.78, 5) is 4.37. The molecule has 0 aliphatic rings. The van der Waals surface area contributed by atoms with Crippen molar-refractivity contribution in [2.75, 3.05) is 13.6 Å². The Morgan fingerprint density at radius 3 is 2.62 bits per heavy atom. The highest BCUT2D eigenvalue weighted by Gasteiger charge is 2.13. The van der Waals surface area contributed by atoms with Crippen molar-refractivity contribution >= 4 is 40.8 Å². The Kier molecular flexibility index (Phi) is 9.00. The Morgan fingerprint density at radius 1 is 1.10 bits per heavy atom. The first kappa shape index (κ1) is 23.3. The van der Waals surface area contributed by atoms with Gasteiger partial charge in [-0.15, -0.1) is 24.0 Å². The summed E-state index contributed by atoms with van der Waals surface area (Å²) < 4.78 is 4.32. The molecule has 0 aliphatic carbocycles. The fourth-order valence-corrected chi connectivity index (χ4v) is 3.78. The van der Waals surface area contributed by atoms with E-state index in [1.165, 1.54) is 27.9 Å². The molecule has 29 heavy (non-hydrogen) atoms. The van der Waals surface area contributed by atoms with Crippen LogP contribution in [-0.2, 0) is 33.0 Å². The number of nitrogens with zero attached hydrogens (tertiary/aromatic N) is 4. The van der Waals surface area contributed by atoms with E-state index in [0.717, 1.165) is 44.9 Å². The molecular formula is C22H33IN6. The van der Waals surface area contributed by atoms with E-state index < -0.39 is 0 Å². The molecule has 2 N–H and O–H groups in total. The average Bonchev–Trinajstić information content (AvgIpc) is 3.27. The van der Waals surface area contributed by atoms with Crippen molar-refractivity contribution in [3.05, 3.63) is 53.5 Å². The van der Waals surface area contributed by atoms with E-state index in [2.05, 4.69) is 75.7 Å². The smallest absolute Gasteiger partial charge is 0.191 e. The Morgan fingerprint density at radius 2 is 1.90 bits per heavy atom. The van der Waals surface area contributed by atoms with Crippen LogP contribution in [0.1, 0.15) is 37.2 Å². The molecule has 2 heterocycles. The second-order valence-corrected chi connectivity index (χ2v) is 6.98. The third kappa shape index (κ3) is 5.52. The molecular weight excluding hydrogens is 475 g/mol. The minimum Gasteiger partial charge on any atom is -0.356 e. The molecule has 158 valence electrons. The molecule has 3 rings (SSSR count). The SMILES string of the molecule is CCc1nn(C)c(CC)c1CNC(=NC)NCCCn1ccc2ccccc21.I. The largest absolute Gasteiger partial charge is 0.356 e. The molecule has 1 aromatic carbocycles. The van der Waals surface area contributed by atoms with Gasteiger partial charge in [0, 0.05) is 56.7 Å². The lowest BCUT2D eigenvalue weighted by Gasteiger charge is -2.13. The van der Waals surface area contributed by atoms with Crippen LogP contribution in [0.4, 0.5) is 0 Å². The minimum absolute atomic E-state index is 0. The first-order valence-corrected chi connectivity index (χ1v) is 10.2. The summed E-state index contributed by atoms with van der Waals surface area (Å²) in [6.07, 6.45) is 5.13. The number of halogens is 1. The van der Waals surface area contributed by atoms with Gasteiger partial charge in [-0.1, -0.05) is 32.0 Å². The van der Waals surface area contributed by atoms with Crippen LogP contribution in [-0.4, -0.2) is 33.9 Å². The number of para-hydroxylation sites is 1. The van der Waals surface area contributed by atoms with Gasteiger partial charge in [-0.3, -0.25) is 9.67 Å². The van der Waals surface area contributed by atoms with Gasteiger partial charge in [-0.25, -0.2) is 0 Å². The van der Waals surface area contributed by atoms with Gasteiger partial charge in [0.1, 0.15) is 0 Å². The molecule has 0 radical (unpaired) electrons. The van der Waals surface area contributed by atoms with Crippen LogP contribution in [0.15, 0.2) is 41.5 Å². The second-order valence-electron chi connectivity index (χ2n) is 6.98. The van der Waals surface area contributed by atoms with E-state index in [9.17, 15) is 0 Å². The van der Waals surface area contributed by atoms with Crippen molar-refractivity contribution in [3.63, 3.8) is 0 Å². The first-order chi connectivity index (χ1) is 13.7. The summed E-state index contributed by atoms with van der Waals surface area (Å²) in [5.74, 6) is 0.838. The van der Waals surface area contributed by atoms with Gasteiger partial charge in [0.25, 0.3) is 0 Å².